The van der Waals surface area contributed by atoms with E-state index in [1.807, 2.05) is 91.0 Å². The van der Waals surface area contributed by atoms with Crippen LogP contribution in [0.1, 0.15) is 16.8 Å². The molecule has 32 heavy (non-hydrogen) atoms. The van der Waals surface area contributed by atoms with E-state index in [-0.39, 0.29) is 5.91 Å². The first-order chi connectivity index (χ1) is 15.7. The van der Waals surface area contributed by atoms with Crippen LogP contribution in [0.15, 0.2) is 84.9 Å². The number of nitrogens with zero attached hydrogens (tertiary/aromatic N) is 1. The number of pyridine rings is 1. The van der Waals surface area contributed by atoms with E-state index in [1.54, 1.807) is 14.2 Å². The summed E-state index contributed by atoms with van der Waals surface area (Å²) in [6.07, 6.45) is 1.85. The molecule has 0 aliphatic carbocycles. The van der Waals surface area contributed by atoms with E-state index in [0.29, 0.717) is 17.9 Å². The van der Waals surface area contributed by atoms with Crippen molar-refractivity contribution in [1.29, 1.82) is 0 Å². The third-order valence-electron chi connectivity index (χ3n) is 5.11. The van der Waals surface area contributed by atoms with Gasteiger partial charge in [-0.15, -0.1) is 0 Å². The lowest BCUT2D eigenvalue weighted by molar-refractivity contribution is -0.115. The van der Waals surface area contributed by atoms with E-state index >= 15 is 0 Å². The van der Waals surface area contributed by atoms with Crippen molar-refractivity contribution < 1.29 is 14.3 Å². The molecule has 0 radical (unpaired) electrons. The van der Waals surface area contributed by atoms with Crippen molar-refractivity contribution >= 4 is 28.5 Å². The number of nitrogens with one attached hydrogen (secondary N) is 1. The molecule has 0 aliphatic rings. The number of hydrogen-bond donors (Lipinski definition) is 1. The quantitative estimate of drug-likeness (QED) is 0.331. The van der Waals surface area contributed by atoms with Crippen LogP contribution in [0.4, 0.5) is 0 Å². The minimum absolute atomic E-state index is 0.158. The lowest BCUT2D eigenvalue weighted by Crippen LogP contribution is -2.19. The second-order valence-electron chi connectivity index (χ2n) is 7.22. The van der Waals surface area contributed by atoms with Gasteiger partial charge in [-0.3, -0.25) is 4.79 Å². The molecule has 0 saturated heterocycles. The van der Waals surface area contributed by atoms with Gasteiger partial charge in [0.25, 0.3) is 5.91 Å². The van der Waals surface area contributed by atoms with Crippen LogP contribution in [0, 0.1) is 0 Å². The molecule has 3 aromatic carbocycles. The van der Waals surface area contributed by atoms with Gasteiger partial charge in [-0.05, 0) is 53.6 Å². The van der Waals surface area contributed by atoms with E-state index in [0.717, 1.165) is 33.5 Å². The summed E-state index contributed by atoms with van der Waals surface area (Å²) >= 11 is 0. The number of ether oxygens (including phenoxy) is 2. The van der Waals surface area contributed by atoms with Crippen LogP contribution < -0.4 is 14.8 Å². The van der Waals surface area contributed by atoms with Gasteiger partial charge in [0.15, 0.2) is 0 Å². The Morgan fingerprint density at radius 1 is 0.906 bits per heavy atom. The average Bonchev–Trinajstić information content (AvgIpc) is 2.86. The van der Waals surface area contributed by atoms with Gasteiger partial charge in [0.05, 0.1) is 18.3 Å². The largest absolute Gasteiger partial charge is 0.497 e. The normalized spacial score (nSPS) is 11.2. The van der Waals surface area contributed by atoms with Crippen LogP contribution in [0.25, 0.3) is 22.6 Å². The lowest BCUT2D eigenvalue weighted by Gasteiger charge is -2.10. The van der Waals surface area contributed by atoms with Gasteiger partial charge in [0, 0.05) is 18.0 Å². The monoisotopic (exact) mass is 424 g/mol. The van der Waals surface area contributed by atoms with Crippen molar-refractivity contribution in [3.8, 4) is 11.5 Å². The van der Waals surface area contributed by atoms with Crippen molar-refractivity contribution in [2.75, 3.05) is 14.2 Å². The van der Waals surface area contributed by atoms with Crippen molar-refractivity contribution in [3.05, 3.63) is 102 Å². The highest BCUT2D eigenvalue weighted by atomic mass is 16.5. The molecule has 1 amide bonds. The number of carbonyl (C=O) groups is 1. The van der Waals surface area contributed by atoms with Gasteiger partial charge in [-0.25, -0.2) is 4.98 Å². The molecule has 0 unspecified atom stereocenters. The van der Waals surface area contributed by atoms with Crippen LogP contribution in [0.3, 0.4) is 0 Å². The molecular formula is C27H24N2O3. The van der Waals surface area contributed by atoms with Gasteiger partial charge in [0.2, 0.25) is 0 Å². The number of fused-ring (bicyclic) bond motifs is 1. The van der Waals surface area contributed by atoms with Crippen LogP contribution in [0.5, 0.6) is 11.5 Å². The fraction of sp³-hybridized carbons (Fsp3) is 0.111. The molecular weight excluding hydrogens is 400 g/mol. The minimum atomic E-state index is -0.158. The van der Waals surface area contributed by atoms with E-state index in [4.69, 9.17) is 9.47 Å². The molecule has 1 aromatic heterocycles. The first-order valence-corrected chi connectivity index (χ1v) is 10.3. The van der Waals surface area contributed by atoms with Crippen molar-refractivity contribution in [3.63, 3.8) is 0 Å². The smallest absolute Gasteiger partial charge is 0.251 e. The van der Waals surface area contributed by atoms with Crippen molar-refractivity contribution in [2.24, 2.45) is 0 Å². The van der Waals surface area contributed by atoms with E-state index < -0.39 is 0 Å². The van der Waals surface area contributed by atoms with E-state index in [1.165, 1.54) is 0 Å². The number of hydrogen-bond acceptors (Lipinski definition) is 4. The average molecular weight is 425 g/mol. The number of carbonyl (C=O) groups excluding carboxylic acids is 1. The Bertz CT molecular complexity index is 1250. The second kappa shape index (κ2) is 9.79. The SMILES string of the molecule is CNC(=O)C(=Cc1ccc(OC)cc1)c1ccc(OCc2ccc3ccccc3n2)cc1. The molecule has 0 bridgehead atoms. The lowest BCUT2D eigenvalue weighted by atomic mass is 10.0. The number of likely N-dealkylation sites (N-methyl/N-ethyl adjacent to an activating group) is 1. The molecule has 5 heteroatoms. The Morgan fingerprint density at radius 3 is 2.34 bits per heavy atom. The standard InChI is InChI=1S/C27H24N2O3/c1-28-27(30)25(17-19-7-13-23(31-2)14-8-19)20-10-15-24(16-11-20)32-18-22-12-9-21-5-3-4-6-26(21)29-22/h3-17H,18H2,1-2H3,(H,28,30). The van der Waals surface area contributed by atoms with Gasteiger partial charge < -0.3 is 14.8 Å². The highest BCUT2D eigenvalue weighted by Gasteiger charge is 2.11. The second-order valence-corrected chi connectivity index (χ2v) is 7.22. The van der Waals surface area contributed by atoms with Crippen LogP contribution in [-0.4, -0.2) is 25.0 Å². The summed E-state index contributed by atoms with van der Waals surface area (Å²) in [5.41, 5.74) is 4.09. The first-order valence-electron chi connectivity index (χ1n) is 10.3. The summed E-state index contributed by atoms with van der Waals surface area (Å²) in [4.78, 5) is 17.1. The van der Waals surface area contributed by atoms with Gasteiger partial charge in [-0.1, -0.05) is 48.5 Å². The molecule has 160 valence electrons. The zero-order valence-electron chi connectivity index (χ0n) is 18.0. The van der Waals surface area contributed by atoms with Gasteiger partial charge in [0.1, 0.15) is 18.1 Å². The van der Waals surface area contributed by atoms with E-state index in [2.05, 4.69) is 10.3 Å². The number of methoxy groups -OCH3 is 1. The van der Waals surface area contributed by atoms with Crippen LogP contribution in [0.2, 0.25) is 0 Å². The number of aromatic nitrogens is 1. The van der Waals surface area contributed by atoms with Crippen LogP contribution >= 0.6 is 0 Å². The molecule has 0 aliphatic heterocycles. The summed E-state index contributed by atoms with van der Waals surface area (Å²) in [6.45, 7) is 0.369. The number of benzene rings is 3. The molecule has 0 atom stereocenters. The summed E-state index contributed by atoms with van der Waals surface area (Å²) in [5.74, 6) is 1.32. The van der Waals surface area contributed by atoms with E-state index in [9.17, 15) is 4.79 Å². The molecule has 0 fully saturated rings. The Kier molecular flexibility index (Phi) is 6.46. The third-order valence-corrected chi connectivity index (χ3v) is 5.11. The van der Waals surface area contributed by atoms with Crippen molar-refractivity contribution in [1.82, 2.24) is 10.3 Å². The topological polar surface area (TPSA) is 60.5 Å². The Hall–Kier alpha value is -4.12. The minimum Gasteiger partial charge on any atom is -0.497 e. The highest BCUT2D eigenvalue weighted by molar-refractivity contribution is 6.24. The Morgan fingerprint density at radius 2 is 1.62 bits per heavy atom. The maximum atomic E-state index is 12.5. The Labute approximate surface area is 187 Å². The number of rotatable bonds is 7. The summed E-state index contributed by atoms with van der Waals surface area (Å²) < 4.78 is 11.1. The van der Waals surface area contributed by atoms with Crippen LogP contribution in [-0.2, 0) is 11.4 Å². The maximum Gasteiger partial charge on any atom is 0.251 e. The molecule has 0 spiro atoms. The number of para-hydroxylation sites is 1. The summed E-state index contributed by atoms with van der Waals surface area (Å²) in [5, 5.41) is 3.81. The zero-order valence-corrected chi connectivity index (χ0v) is 18.0. The van der Waals surface area contributed by atoms with Gasteiger partial charge >= 0.3 is 0 Å². The summed E-state index contributed by atoms with van der Waals surface area (Å²) in [6, 6.07) is 27.1. The van der Waals surface area contributed by atoms with Gasteiger partial charge in [-0.2, -0.15) is 0 Å². The first kappa shape index (κ1) is 21.1. The molecule has 4 rings (SSSR count). The van der Waals surface area contributed by atoms with Crippen molar-refractivity contribution in [2.45, 2.75) is 6.61 Å². The molecule has 0 saturated carbocycles. The summed E-state index contributed by atoms with van der Waals surface area (Å²) in [7, 11) is 3.25. The fourth-order valence-corrected chi connectivity index (χ4v) is 3.36. The molecule has 1 N–H and O–H groups in total. The third kappa shape index (κ3) is 4.95. The maximum absolute atomic E-state index is 12.5. The molecule has 4 aromatic rings. The predicted octanol–water partition coefficient (Wildman–Crippen LogP) is 5.11. The number of amides is 1. The fourth-order valence-electron chi connectivity index (χ4n) is 3.36. The Balaban J connectivity index is 1.50. The zero-order chi connectivity index (χ0) is 22.3. The predicted molar refractivity (Wildman–Crippen MR) is 127 cm³/mol. The molecule has 1 heterocycles. The highest BCUT2D eigenvalue weighted by Crippen LogP contribution is 2.23. The molecule has 5 nitrogen and oxygen atoms in total.